The lowest BCUT2D eigenvalue weighted by Gasteiger charge is -2.22. The summed E-state index contributed by atoms with van der Waals surface area (Å²) in [6.07, 6.45) is 0.811. The first-order valence-corrected chi connectivity index (χ1v) is 10.1. The Morgan fingerprint density at radius 1 is 1.13 bits per heavy atom. The fourth-order valence-electron chi connectivity index (χ4n) is 3.86. The molecule has 0 bridgehead atoms. The number of fused-ring (bicyclic) bond motifs is 3. The summed E-state index contributed by atoms with van der Waals surface area (Å²) in [5, 5.41) is 11.6. The molecule has 0 fully saturated rings. The summed E-state index contributed by atoms with van der Waals surface area (Å²) in [6, 6.07) is 15.6. The van der Waals surface area contributed by atoms with Gasteiger partial charge in [-0.15, -0.1) is 6.58 Å². The zero-order chi connectivity index (χ0) is 22.4. The Morgan fingerprint density at radius 2 is 1.71 bits per heavy atom. The van der Waals surface area contributed by atoms with Crippen molar-refractivity contribution >= 4 is 18.0 Å². The van der Waals surface area contributed by atoms with E-state index in [2.05, 4.69) is 24.0 Å². The number of rotatable bonds is 9. The van der Waals surface area contributed by atoms with Gasteiger partial charge in [-0.1, -0.05) is 54.6 Å². The molecular formula is C24H26N2O5. The van der Waals surface area contributed by atoms with Crippen LogP contribution in [0.4, 0.5) is 4.79 Å². The number of alkyl carbamates (subject to hydrolysis) is 1. The molecular weight excluding hydrogens is 396 g/mol. The zero-order valence-electron chi connectivity index (χ0n) is 17.4. The monoisotopic (exact) mass is 422 g/mol. The summed E-state index contributed by atoms with van der Waals surface area (Å²) in [4.78, 5) is 36.7. The van der Waals surface area contributed by atoms with Crippen molar-refractivity contribution in [1.82, 2.24) is 10.2 Å². The maximum Gasteiger partial charge on any atom is 0.407 e. The lowest BCUT2D eigenvalue weighted by molar-refractivity contribution is -0.144. The third-order valence-electron chi connectivity index (χ3n) is 5.22. The smallest absolute Gasteiger partial charge is 0.407 e. The topological polar surface area (TPSA) is 95.9 Å². The minimum Gasteiger partial charge on any atom is -0.480 e. The van der Waals surface area contributed by atoms with Crippen LogP contribution in [0.5, 0.6) is 0 Å². The van der Waals surface area contributed by atoms with E-state index in [1.165, 1.54) is 11.0 Å². The van der Waals surface area contributed by atoms with Crippen molar-refractivity contribution in [1.29, 1.82) is 0 Å². The molecule has 1 aliphatic rings. The average molecular weight is 422 g/mol. The van der Waals surface area contributed by atoms with Gasteiger partial charge in [0, 0.05) is 24.9 Å². The molecule has 2 N–H and O–H groups in total. The van der Waals surface area contributed by atoms with Crippen LogP contribution in [0.1, 0.15) is 30.4 Å². The summed E-state index contributed by atoms with van der Waals surface area (Å²) >= 11 is 0. The Hall–Kier alpha value is -3.61. The lowest BCUT2D eigenvalue weighted by Crippen LogP contribution is -2.41. The van der Waals surface area contributed by atoms with E-state index in [4.69, 9.17) is 9.84 Å². The predicted octanol–water partition coefficient (Wildman–Crippen LogP) is 3.40. The first-order chi connectivity index (χ1) is 14.9. The van der Waals surface area contributed by atoms with Gasteiger partial charge in [-0.05, 0) is 29.2 Å². The van der Waals surface area contributed by atoms with Crippen LogP contribution in [0, 0.1) is 0 Å². The first-order valence-electron chi connectivity index (χ1n) is 10.1. The van der Waals surface area contributed by atoms with Crippen LogP contribution < -0.4 is 5.32 Å². The molecule has 0 aromatic heterocycles. The zero-order valence-corrected chi connectivity index (χ0v) is 17.4. The third kappa shape index (κ3) is 5.31. The second-order valence-corrected chi connectivity index (χ2v) is 7.53. The van der Waals surface area contributed by atoms with Gasteiger partial charge in [-0.25, -0.2) is 4.79 Å². The molecule has 0 spiro atoms. The van der Waals surface area contributed by atoms with Crippen LogP contribution in [-0.2, 0) is 14.3 Å². The Kier molecular flexibility index (Phi) is 7.07. The first kappa shape index (κ1) is 22.1. The van der Waals surface area contributed by atoms with E-state index in [0.29, 0.717) is 0 Å². The Balaban J connectivity index is 1.56. The molecule has 0 saturated heterocycles. The number of carbonyl (C=O) groups excluding carboxylic acids is 2. The van der Waals surface area contributed by atoms with E-state index in [0.717, 1.165) is 22.3 Å². The number of carbonyl (C=O) groups is 3. The van der Waals surface area contributed by atoms with Crippen molar-refractivity contribution in [2.24, 2.45) is 0 Å². The number of hydrogen-bond donors (Lipinski definition) is 2. The number of carboxylic acids is 1. The van der Waals surface area contributed by atoms with Crippen LogP contribution >= 0.6 is 0 Å². The summed E-state index contributed by atoms with van der Waals surface area (Å²) in [5.74, 6) is -1.53. The fraction of sp³-hybridized carbons (Fsp3) is 0.292. The molecule has 162 valence electrons. The largest absolute Gasteiger partial charge is 0.480 e. The minimum absolute atomic E-state index is 0.0364. The van der Waals surface area contributed by atoms with Gasteiger partial charge in [-0.2, -0.15) is 0 Å². The van der Waals surface area contributed by atoms with Gasteiger partial charge >= 0.3 is 12.1 Å². The number of aliphatic carboxylic acids is 1. The molecule has 2 amide bonds. The van der Waals surface area contributed by atoms with Gasteiger partial charge in [0.15, 0.2) is 0 Å². The van der Waals surface area contributed by atoms with Gasteiger partial charge in [0.1, 0.15) is 13.2 Å². The van der Waals surface area contributed by atoms with Gasteiger partial charge in [0.05, 0.1) is 0 Å². The number of nitrogens with zero attached hydrogens (tertiary/aromatic N) is 1. The minimum atomic E-state index is -1.10. The lowest BCUT2D eigenvalue weighted by atomic mass is 9.98. The van der Waals surface area contributed by atoms with E-state index < -0.39 is 24.6 Å². The molecule has 1 aliphatic carbocycles. The number of ether oxygens (including phenoxy) is 1. The fourth-order valence-corrected chi connectivity index (χ4v) is 3.86. The second kappa shape index (κ2) is 9.93. The SMILES string of the molecule is C=CCN(CC(=O)O)C(=O)C[C@H](C)NC(=O)OCC1c2ccccc2-c2ccccc21. The maximum absolute atomic E-state index is 12.3. The predicted molar refractivity (Wildman–Crippen MR) is 117 cm³/mol. The van der Waals surface area contributed by atoms with Gasteiger partial charge in [0.25, 0.3) is 0 Å². The molecule has 0 saturated carbocycles. The molecule has 3 rings (SSSR count). The maximum atomic E-state index is 12.3. The number of amides is 2. The van der Waals surface area contributed by atoms with Gasteiger partial charge in [0.2, 0.25) is 5.91 Å². The normalized spacial score (nSPS) is 12.9. The summed E-state index contributed by atoms with van der Waals surface area (Å²) < 4.78 is 5.48. The van der Waals surface area contributed by atoms with E-state index >= 15 is 0 Å². The van der Waals surface area contributed by atoms with Crippen molar-refractivity contribution < 1.29 is 24.2 Å². The summed E-state index contributed by atoms with van der Waals surface area (Å²) in [7, 11) is 0. The highest BCUT2D eigenvalue weighted by Gasteiger charge is 2.29. The molecule has 7 heteroatoms. The van der Waals surface area contributed by atoms with Crippen LogP contribution in [0.2, 0.25) is 0 Å². The molecule has 0 aliphatic heterocycles. The molecule has 1 atom stereocenters. The van der Waals surface area contributed by atoms with E-state index in [9.17, 15) is 14.4 Å². The molecule has 7 nitrogen and oxygen atoms in total. The third-order valence-corrected chi connectivity index (χ3v) is 5.22. The molecule has 31 heavy (non-hydrogen) atoms. The van der Waals surface area contributed by atoms with E-state index in [1.54, 1.807) is 6.92 Å². The number of carboxylic acid groups (broad SMARTS) is 1. The van der Waals surface area contributed by atoms with Crippen LogP contribution in [-0.4, -0.2) is 53.7 Å². The van der Waals surface area contributed by atoms with Gasteiger partial charge in [-0.3, -0.25) is 9.59 Å². The Bertz CT molecular complexity index is 942. The summed E-state index contributed by atoms with van der Waals surface area (Å²) in [5.41, 5.74) is 4.53. The van der Waals surface area contributed by atoms with Crippen LogP contribution in [0.3, 0.4) is 0 Å². The van der Waals surface area contributed by atoms with E-state index in [1.807, 2.05) is 36.4 Å². The van der Waals surface area contributed by atoms with Crippen molar-refractivity contribution in [3.05, 3.63) is 72.3 Å². The highest BCUT2D eigenvalue weighted by Crippen LogP contribution is 2.44. The second-order valence-electron chi connectivity index (χ2n) is 7.53. The van der Waals surface area contributed by atoms with Crippen molar-refractivity contribution in [3.8, 4) is 11.1 Å². The summed E-state index contributed by atoms with van der Waals surface area (Å²) in [6.45, 7) is 5.10. The van der Waals surface area contributed by atoms with Crippen molar-refractivity contribution in [2.75, 3.05) is 19.7 Å². The van der Waals surface area contributed by atoms with Crippen molar-refractivity contribution in [2.45, 2.75) is 25.3 Å². The molecule has 0 radical (unpaired) electrons. The molecule has 2 aromatic rings. The quantitative estimate of drug-likeness (QED) is 0.604. The number of hydrogen-bond acceptors (Lipinski definition) is 4. The molecule has 0 unspecified atom stereocenters. The van der Waals surface area contributed by atoms with Crippen LogP contribution in [0.25, 0.3) is 11.1 Å². The molecule has 0 heterocycles. The highest BCUT2D eigenvalue weighted by molar-refractivity contribution is 5.82. The molecule has 2 aromatic carbocycles. The number of nitrogens with one attached hydrogen (secondary N) is 1. The Labute approximate surface area is 181 Å². The van der Waals surface area contributed by atoms with Crippen LogP contribution in [0.15, 0.2) is 61.2 Å². The Morgan fingerprint density at radius 3 is 2.26 bits per heavy atom. The highest BCUT2D eigenvalue weighted by atomic mass is 16.5. The van der Waals surface area contributed by atoms with Gasteiger partial charge < -0.3 is 20.1 Å². The number of benzene rings is 2. The van der Waals surface area contributed by atoms with Crippen molar-refractivity contribution in [3.63, 3.8) is 0 Å². The average Bonchev–Trinajstić information content (AvgIpc) is 3.05. The van der Waals surface area contributed by atoms with E-state index in [-0.39, 0.29) is 31.4 Å². The standard InChI is InChI=1S/C24H26N2O5/c1-3-12-26(14-23(28)29)22(27)13-16(2)25-24(30)31-15-21-19-10-6-4-8-17(19)18-9-5-7-11-20(18)21/h3-11,16,21H,1,12-15H2,2H3,(H,25,30)(H,28,29)/t16-/m0/s1.